The number of nitro groups is 1. The van der Waals surface area contributed by atoms with E-state index in [4.69, 9.17) is 9.47 Å². The molecule has 0 aliphatic heterocycles. The average Bonchev–Trinajstić information content (AvgIpc) is 2.45. The monoisotopic (exact) mass is 337 g/mol. The first-order valence-corrected chi connectivity index (χ1v) is 6.71. The van der Waals surface area contributed by atoms with Crippen LogP contribution in [0.15, 0.2) is 53.0 Å². The lowest BCUT2D eigenvalue weighted by Crippen LogP contribution is -2.09. The molecule has 0 saturated heterocycles. The van der Waals surface area contributed by atoms with Gasteiger partial charge in [-0.1, -0.05) is 18.2 Å². The number of para-hydroxylation sites is 1. The molecule has 104 valence electrons. The highest BCUT2D eigenvalue weighted by atomic mass is 79.9. The van der Waals surface area contributed by atoms with E-state index >= 15 is 0 Å². The summed E-state index contributed by atoms with van der Waals surface area (Å²) in [6.07, 6.45) is 0. The maximum Gasteiger partial charge on any atom is 0.273 e. The van der Waals surface area contributed by atoms with Crippen LogP contribution in [-0.4, -0.2) is 18.1 Å². The minimum atomic E-state index is -0.454. The Bertz CT molecular complexity index is 603. The van der Waals surface area contributed by atoms with Crippen molar-refractivity contribution in [2.75, 3.05) is 13.2 Å². The number of nitrogens with zero attached hydrogens (tertiary/aromatic N) is 1. The zero-order chi connectivity index (χ0) is 14.4. The normalized spacial score (nSPS) is 10.1. The maximum atomic E-state index is 10.6. The van der Waals surface area contributed by atoms with Gasteiger partial charge in [0.15, 0.2) is 0 Å². The van der Waals surface area contributed by atoms with E-state index in [2.05, 4.69) is 15.9 Å². The van der Waals surface area contributed by atoms with Gasteiger partial charge in [0.05, 0.1) is 15.5 Å². The SMILES string of the molecule is O=[N+]([O-])c1cccc(OCCOc2ccccc2Br)c1. The summed E-state index contributed by atoms with van der Waals surface area (Å²) in [6, 6.07) is 13.6. The Balaban J connectivity index is 1.83. The Morgan fingerprint density at radius 2 is 1.80 bits per heavy atom. The van der Waals surface area contributed by atoms with Crippen molar-refractivity contribution in [2.24, 2.45) is 0 Å². The number of ether oxygens (including phenoxy) is 2. The predicted octanol–water partition coefficient (Wildman–Crippen LogP) is 3.82. The first-order valence-electron chi connectivity index (χ1n) is 5.91. The van der Waals surface area contributed by atoms with Crippen LogP contribution in [0.1, 0.15) is 0 Å². The lowest BCUT2D eigenvalue weighted by atomic mass is 10.3. The van der Waals surface area contributed by atoms with Crippen LogP contribution in [-0.2, 0) is 0 Å². The number of benzene rings is 2. The quantitative estimate of drug-likeness (QED) is 0.456. The third-order valence-corrected chi connectivity index (χ3v) is 3.13. The van der Waals surface area contributed by atoms with Gasteiger partial charge in [-0.05, 0) is 34.1 Å². The zero-order valence-corrected chi connectivity index (χ0v) is 12.1. The number of rotatable bonds is 6. The molecule has 0 N–H and O–H groups in total. The fourth-order valence-electron chi connectivity index (χ4n) is 1.56. The third kappa shape index (κ3) is 3.96. The van der Waals surface area contributed by atoms with E-state index in [9.17, 15) is 10.1 Å². The van der Waals surface area contributed by atoms with E-state index in [-0.39, 0.29) is 5.69 Å². The molecule has 2 aromatic carbocycles. The van der Waals surface area contributed by atoms with Crippen LogP contribution >= 0.6 is 15.9 Å². The first-order chi connectivity index (χ1) is 9.66. The van der Waals surface area contributed by atoms with Crippen molar-refractivity contribution < 1.29 is 14.4 Å². The van der Waals surface area contributed by atoms with Crippen molar-refractivity contribution in [3.05, 3.63) is 63.1 Å². The van der Waals surface area contributed by atoms with E-state index < -0.39 is 4.92 Å². The van der Waals surface area contributed by atoms with Gasteiger partial charge in [-0.2, -0.15) is 0 Å². The molecular weight excluding hydrogens is 326 g/mol. The molecule has 0 aliphatic rings. The predicted molar refractivity (Wildman–Crippen MR) is 78.2 cm³/mol. The van der Waals surface area contributed by atoms with Gasteiger partial charge in [-0.15, -0.1) is 0 Å². The Morgan fingerprint density at radius 3 is 2.55 bits per heavy atom. The number of non-ortho nitro benzene ring substituents is 1. The van der Waals surface area contributed by atoms with E-state index in [1.165, 1.54) is 12.1 Å². The lowest BCUT2D eigenvalue weighted by Gasteiger charge is -2.09. The summed E-state index contributed by atoms with van der Waals surface area (Å²) < 4.78 is 11.8. The highest BCUT2D eigenvalue weighted by Crippen LogP contribution is 2.24. The minimum Gasteiger partial charge on any atom is -0.490 e. The Kier molecular flexibility index (Phi) is 4.95. The van der Waals surface area contributed by atoms with Crippen molar-refractivity contribution in [1.82, 2.24) is 0 Å². The molecule has 0 amide bonds. The van der Waals surface area contributed by atoms with Gasteiger partial charge >= 0.3 is 0 Å². The summed E-state index contributed by atoms with van der Waals surface area (Å²) in [5.74, 6) is 1.19. The summed E-state index contributed by atoms with van der Waals surface area (Å²) in [5.41, 5.74) is 0.00854. The van der Waals surface area contributed by atoms with Gasteiger partial charge in [0.2, 0.25) is 0 Å². The highest BCUT2D eigenvalue weighted by molar-refractivity contribution is 9.10. The van der Waals surface area contributed by atoms with Crippen LogP contribution in [0, 0.1) is 10.1 Å². The van der Waals surface area contributed by atoms with Crippen molar-refractivity contribution in [3.8, 4) is 11.5 Å². The van der Waals surface area contributed by atoms with E-state index in [1.807, 2.05) is 24.3 Å². The second-order valence-corrected chi connectivity index (χ2v) is 4.74. The molecule has 20 heavy (non-hydrogen) atoms. The fourth-order valence-corrected chi connectivity index (χ4v) is 1.96. The Labute approximate surface area is 124 Å². The number of halogens is 1. The molecule has 2 aromatic rings. The van der Waals surface area contributed by atoms with E-state index in [1.54, 1.807) is 12.1 Å². The van der Waals surface area contributed by atoms with Gasteiger partial charge in [0, 0.05) is 6.07 Å². The van der Waals surface area contributed by atoms with Crippen LogP contribution in [0.25, 0.3) is 0 Å². The second kappa shape index (κ2) is 6.91. The standard InChI is InChI=1S/C14H12BrNO4/c15-13-6-1-2-7-14(13)20-9-8-19-12-5-3-4-11(10-12)16(17)18/h1-7,10H,8-9H2. The summed E-state index contributed by atoms with van der Waals surface area (Å²) >= 11 is 3.38. The van der Waals surface area contributed by atoms with Crippen LogP contribution in [0.5, 0.6) is 11.5 Å². The third-order valence-electron chi connectivity index (χ3n) is 2.47. The molecule has 5 nitrogen and oxygen atoms in total. The molecule has 0 fully saturated rings. The van der Waals surface area contributed by atoms with Crippen molar-refractivity contribution in [1.29, 1.82) is 0 Å². The molecule has 0 aliphatic carbocycles. The van der Waals surface area contributed by atoms with Crippen LogP contribution in [0.4, 0.5) is 5.69 Å². The smallest absolute Gasteiger partial charge is 0.273 e. The zero-order valence-electron chi connectivity index (χ0n) is 10.5. The topological polar surface area (TPSA) is 61.6 Å². The average molecular weight is 338 g/mol. The summed E-state index contributed by atoms with van der Waals surface area (Å²) in [7, 11) is 0. The van der Waals surface area contributed by atoms with Crippen LogP contribution in [0.3, 0.4) is 0 Å². The Morgan fingerprint density at radius 1 is 1.05 bits per heavy atom. The number of hydrogen-bond acceptors (Lipinski definition) is 4. The maximum absolute atomic E-state index is 10.6. The fraction of sp³-hybridized carbons (Fsp3) is 0.143. The molecule has 0 saturated carbocycles. The minimum absolute atomic E-state index is 0.00854. The van der Waals surface area contributed by atoms with E-state index in [0.29, 0.717) is 19.0 Å². The molecule has 2 rings (SSSR count). The van der Waals surface area contributed by atoms with Crippen LogP contribution in [0.2, 0.25) is 0 Å². The highest BCUT2D eigenvalue weighted by Gasteiger charge is 2.06. The lowest BCUT2D eigenvalue weighted by molar-refractivity contribution is -0.384. The molecule has 0 unspecified atom stereocenters. The van der Waals surface area contributed by atoms with Crippen molar-refractivity contribution in [2.45, 2.75) is 0 Å². The molecule has 0 bridgehead atoms. The molecule has 0 atom stereocenters. The van der Waals surface area contributed by atoms with Gasteiger partial charge < -0.3 is 9.47 Å². The second-order valence-electron chi connectivity index (χ2n) is 3.88. The summed E-state index contributed by atoms with van der Waals surface area (Å²) in [4.78, 5) is 10.2. The molecule has 0 aromatic heterocycles. The van der Waals surface area contributed by atoms with Gasteiger partial charge in [-0.3, -0.25) is 10.1 Å². The van der Waals surface area contributed by atoms with Crippen molar-refractivity contribution >= 4 is 21.6 Å². The largest absolute Gasteiger partial charge is 0.490 e. The molecule has 0 radical (unpaired) electrons. The van der Waals surface area contributed by atoms with Crippen molar-refractivity contribution in [3.63, 3.8) is 0 Å². The van der Waals surface area contributed by atoms with Gasteiger partial charge in [0.1, 0.15) is 24.7 Å². The van der Waals surface area contributed by atoms with Crippen LogP contribution < -0.4 is 9.47 Å². The molecule has 6 heteroatoms. The summed E-state index contributed by atoms with van der Waals surface area (Å²) in [5, 5.41) is 10.6. The first kappa shape index (κ1) is 14.3. The van der Waals surface area contributed by atoms with E-state index in [0.717, 1.165) is 10.2 Å². The molecular formula is C14H12BrNO4. The number of hydrogen-bond donors (Lipinski definition) is 0. The molecule has 0 spiro atoms. The van der Waals surface area contributed by atoms with Gasteiger partial charge in [-0.25, -0.2) is 0 Å². The summed E-state index contributed by atoms with van der Waals surface area (Å²) in [6.45, 7) is 0.661. The van der Waals surface area contributed by atoms with Gasteiger partial charge in [0.25, 0.3) is 5.69 Å². The Hall–Kier alpha value is -2.08. The number of nitro benzene ring substituents is 1. The molecule has 0 heterocycles.